The Morgan fingerprint density at radius 1 is 1.10 bits per heavy atom. The first-order valence-corrected chi connectivity index (χ1v) is 9.90. The molecule has 0 saturated carbocycles. The van der Waals surface area contributed by atoms with E-state index in [1.165, 1.54) is 0 Å². The van der Waals surface area contributed by atoms with Crippen LogP contribution in [0.4, 0.5) is 5.69 Å². The molecule has 0 unspecified atom stereocenters. The molecule has 1 atom stereocenters. The number of benzene rings is 2. The lowest BCUT2D eigenvalue weighted by Crippen LogP contribution is -2.35. The van der Waals surface area contributed by atoms with E-state index in [0.717, 1.165) is 55.2 Å². The lowest BCUT2D eigenvalue weighted by Gasteiger charge is -2.26. The molecule has 2 aromatic rings. The van der Waals surface area contributed by atoms with E-state index in [-0.39, 0.29) is 5.91 Å². The van der Waals surface area contributed by atoms with Crippen LogP contribution in [-0.2, 0) is 20.8 Å². The summed E-state index contributed by atoms with van der Waals surface area (Å²) in [7, 11) is 0. The normalized spacial score (nSPS) is 15.6. The minimum atomic E-state index is -0.892. The topological polar surface area (TPSA) is 67.9 Å². The maximum atomic E-state index is 12.4. The van der Waals surface area contributed by atoms with Gasteiger partial charge in [0.2, 0.25) is 0 Å². The highest BCUT2D eigenvalue weighted by Crippen LogP contribution is 2.17. The Labute approximate surface area is 171 Å². The minimum Gasteiger partial charge on any atom is -0.449 e. The summed E-state index contributed by atoms with van der Waals surface area (Å²) in [5.41, 5.74) is 4.37. The molecule has 1 heterocycles. The van der Waals surface area contributed by atoms with Crippen molar-refractivity contribution in [3.8, 4) is 0 Å². The van der Waals surface area contributed by atoms with Crippen LogP contribution < -0.4 is 5.32 Å². The van der Waals surface area contributed by atoms with Crippen molar-refractivity contribution in [3.05, 3.63) is 64.7 Å². The van der Waals surface area contributed by atoms with E-state index in [1.807, 2.05) is 44.2 Å². The fourth-order valence-corrected chi connectivity index (χ4v) is 3.23. The van der Waals surface area contributed by atoms with Crippen LogP contribution in [0.3, 0.4) is 0 Å². The van der Waals surface area contributed by atoms with Crippen molar-refractivity contribution in [1.82, 2.24) is 4.90 Å². The predicted octanol–water partition coefficient (Wildman–Crippen LogP) is 3.32. The Bertz CT molecular complexity index is 858. The zero-order chi connectivity index (χ0) is 20.8. The number of morpholine rings is 1. The summed E-state index contributed by atoms with van der Waals surface area (Å²) < 4.78 is 10.7. The van der Waals surface area contributed by atoms with Gasteiger partial charge >= 0.3 is 5.97 Å². The van der Waals surface area contributed by atoms with Crippen molar-refractivity contribution in [1.29, 1.82) is 0 Å². The van der Waals surface area contributed by atoms with E-state index >= 15 is 0 Å². The number of rotatable bonds is 6. The van der Waals surface area contributed by atoms with Crippen molar-refractivity contribution in [2.75, 3.05) is 31.6 Å². The van der Waals surface area contributed by atoms with E-state index in [1.54, 1.807) is 19.1 Å². The molecule has 154 valence electrons. The summed E-state index contributed by atoms with van der Waals surface area (Å²) in [5, 5.41) is 2.82. The largest absolute Gasteiger partial charge is 0.449 e. The van der Waals surface area contributed by atoms with Gasteiger partial charge in [0, 0.05) is 25.3 Å². The lowest BCUT2D eigenvalue weighted by molar-refractivity contribution is -0.123. The summed E-state index contributed by atoms with van der Waals surface area (Å²) in [6, 6.07) is 13.1. The molecule has 2 aromatic carbocycles. The standard InChI is InChI=1S/C23H28N2O4/c1-16-4-9-21(17(2)14-16)24-22(26)18(3)29-23(27)20-7-5-19(6-8-20)15-25-10-12-28-13-11-25/h4-9,14,18H,10-13,15H2,1-3H3,(H,24,26)/t18-/m0/s1. The van der Waals surface area contributed by atoms with Crippen molar-refractivity contribution in [2.45, 2.75) is 33.4 Å². The number of nitrogens with zero attached hydrogens (tertiary/aromatic N) is 1. The zero-order valence-electron chi connectivity index (χ0n) is 17.2. The molecule has 1 N–H and O–H groups in total. The van der Waals surface area contributed by atoms with Crippen LogP contribution in [0.5, 0.6) is 0 Å². The number of amides is 1. The first-order valence-electron chi connectivity index (χ1n) is 9.90. The molecular formula is C23H28N2O4. The molecule has 1 saturated heterocycles. The molecule has 0 aromatic heterocycles. The molecule has 3 rings (SSSR count). The Morgan fingerprint density at radius 2 is 1.79 bits per heavy atom. The molecule has 6 nitrogen and oxygen atoms in total. The van der Waals surface area contributed by atoms with Gasteiger partial charge in [-0.05, 0) is 50.1 Å². The Balaban J connectivity index is 1.53. The maximum Gasteiger partial charge on any atom is 0.338 e. The summed E-state index contributed by atoms with van der Waals surface area (Å²) in [6.45, 7) is 9.66. The van der Waals surface area contributed by atoms with Gasteiger partial charge in [0.05, 0.1) is 18.8 Å². The number of hydrogen-bond acceptors (Lipinski definition) is 5. The van der Waals surface area contributed by atoms with Gasteiger partial charge in [-0.1, -0.05) is 29.8 Å². The maximum absolute atomic E-state index is 12.4. The highest BCUT2D eigenvalue weighted by atomic mass is 16.5. The highest BCUT2D eigenvalue weighted by Gasteiger charge is 2.20. The van der Waals surface area contributed by atoms with Gasteiger partial charge in [-0.3, -0.25) is 9.69 Å². The van der Waals surface area contributed by atoms with E-state index in [4.69, 9.17) is 9.47 Å². The summed E-state index contributed by atoms with van der Waals surface area (Å²) in [6.07, 6.45) is -0.892. The smallest absolute Gasteiger partial charge is 0.338 e. The second-order valence-electron chi connectivity index (χ2n) is 7.44. The van der Waals surface area contributed by atoms with Crippen LogP contribution in [0.1, 0.15) is 34.0 Å². The van der Waals surface area contributed by atoms with Crippen molar-refractivity contribution in [2.24, 2.45) is 0 Å². The van der Waals surface area contributed by atoms with Gasteiger partial charge in [-0.25, -0.2) is 4.79 Å². The molecule has 1 amide bonds. The number of esters is 1. The fourth-order valence-electron chi connectivity index (χ4n) is 3.23. The van der Waals surface area contributed by atoms with Gasteiger partial charge in [-0.2, -0.15) is 0 Å². The molecular weight excluding hydrogens is 368 g/mol. The number of ether oxygens (including phenoxy) is 2. The Hall–Kier alpha value is -2.70. The van der Waals surface area contributed by atoms with Crippen molar-refractivity contribution in [3.63, 3.8) is 0 Å². The predicted molar refractivity (Wildman–Crippen MR) is 112 cm³/mol. The average Bonchev–Trinajstić information content (AvgIpc) is 2.71. The summed E-state index contributed by atoms with van der Waals surface area (Å²) in [4.78, 5) is 27.1. The number of anilines is 1. The molecule has 1 aliphatic heterocycles. The molecule has 0 radical (unpaired) electrons. The van der Waals surface area contributed by atoms with Crippen LogP contribution >= 0.6 is 0 Å². The number of carbonyl (C=O) groups excluding carboxylic acids is 2. The monoisotopic (exact) mass is 396 g/mol. The highest BCUT2D eigenvalue weighted by molar-refractivity contribution is 5.97. The van der Waals surface area contributed by atoms with E-state index < -0.39 is 12.1 Å². The van der Waals surface area contributed by atoms with Crippen LogP contribution in [0.25, 0.3) is 0 Å². The molecule has 6 heteroatoms. The number of nitrogens with one attached hydrogen (secondary N) is 1. The first kappa shape index (κ1) is 21.0. The number of carbonyl (C=O) groups is 2. The molecule has 0 aliphatic carbocycles. The van der Waals surface area contributed by atoms with Gasteiger partial charge in [0.15, 0.2) is 6.10 Å². The second kappa shape index (κ2) is 9.67. The van der Waals surface area contributed by atoms with E-state index in [0.29, 0.717) is 5.56 Å². The molecule has 1 aliphatic rings. The fraction of sp³-hybridized carbons (Fsp3) is 0.391. The van der Waals surface area contributed by atoms with Gasteiger partial charge in [0.1, 0.15) is 0 Å². The minimum absolute atomic E-state index is 0.353. The quantitative estimate of drug-likeness (QED) is 0.759. The summed E-state index contributed by atoms with van der Waals surface area (Å²) in [5.74, 6) is -0.861. The van der Waals surface area contributed by atoms with Gasteiger partial charge in [-0.15, -0.1) is 0 Å². The Kier molecular flexibility index (Phi) is 7.01. The molecule has 0 spiro atoms. The molecule has 1 fully saturated rings. The summed E-state index contributed by atoms with van der Waals surface area (Å²) >= 11 is 0. The van der Waals surface area contributed by atoms with Crippen LogP contribution in [0.15, 0.2) is 42.5 Å². The van der Waals surface area contributed by atoms with E-state index in [9.17, 15) is 9.59 Å². The second-order valence-corrected chi connectivity index (χ2v) is 7.44. The van der Waals surface area contributed by atoms with Crippen LogP contribution in [0, 0.1) is 13.8 Å². The molecule has 29 heavy (non-hydrogen) atoms. The van der Waals surface area contributed by atoms with Crippen molar-refractivity contribution < 1.29 is 19.1 Å². The first-order chi connectivity index (χ1) is 13.9. The van der Waals surface area contributed by atoms with Crippen molar-refractivity contribution >= 4 is 17.6 Å². The van der Waals surface area contributed by atoms with Gasteiger partial charge in [0.25, 0.3) is 5.91 Å². The van der Waals surface area contributed by atoms with E-state index in [2.05, 4.69) is 10.2 Å². The SMILES string of the molecule is Cc1ccc(NC(=O)[C@H](C)OC(=O)c2ccc(CN3CCOCC3)cc2)c(C)c1. The third-order valence-electron chi connectivity index (χ3n) is 4.99. The third kappa shape index (κ3) is 5.89. The number of hydrogen-bond donors (Lipinski definition) is 1. The van der Waals surface area contributed by atoms with Crippen LogP contribution in [-0.4, -0.2) is 49.2 Å². The lowest BCUT2D eigenvalue weighted by atomic mass is 10.1. The zero-order valence-corrected chi connectivity index (χ0v) is 17.2. The Morgan fingerprint density at radius 3 is 2.45 bits per heavy atom. The third-order valence-corrected chi connectivity index (χ3v) is 4.99. The average molecular weight is 396 g/mol. The van der Waals surface area contributed by atoms with Gasteiger partial charge < -0.3 is 14.8 Å². The molecule has 0 bridgehead atoms. The number of aryl methyl sites for hydroxylation is 2. The van der Waals surface area contributed by atoms with Crippen LogP contribution in [0.2, 0.25) is 0 Å².